The first-order chi connectivity index (χ1) is 20.3. The van der Waals surface area contributed by atoms with Crippen LogP contribution in [0.5, 0.6) is 0 Å². The predicted octanol–water partition coefficient (Wildman–Crippen LogP) is 0.502. The predicted molar refractivity (Wildman–Crippen MR) is 151 cm³/mol. The fraction of sp³-hybridized carbons (Fsp3) is 0.261. The Kier molecular flexibility index (Phi) is 7.25. The molecule has 6 heterocycles. The summed E-state index contributed by atoms with van der Waals surface area (Å²) in [5, 5.41) is 19.9. The van der Waals surface area contributed by atoms with Crippen molar-refractivity contribution in [1.29, 1.82) is 0 Å². The number of carbonyl (C=O) groups is 4. The van der Waals surface area contributed by atoms with Crippen molar-refractivity contribution in [3.05, 3.63) is 47.3 Å². The lowest BCUT2D eigenvalue weighted by Gasteiger charge is -2.49. The molecule has 1 fully saturated rings. The molecular formula is C23H19ClN10O6S2. The number of alkyl halides is 1. The largest absolute Gasteiger partial charge is 0.477 e. The van der Waals surface area contributed by atoms with Gasteiger partial charge < -0.3 is 25.1 Å². The smallest absolute Gasteiger partial charge is 0.352 e. The van der Waals surface area contributed by atoms with Crippen molar-refractivity contribution in [2.24, 2.45) is 5.16 Å². The maximum atomic E-state index is 13.2. The van der Waals surface area contributed by atoms with Crippen LogP contribution in [-0.2, 0) is 30.6 Å². The molecule has 216 valence electrons. The fourth-order valence-corrected chi connectivity index (χ4v) is 6.67. The number of aliphatic carboxylic acids is 1. The van der Waals surface area contributed by atoms with E-state index in [4.69, 9.17) is 16.4 Å². The number of fused-ring (bicyclic) bond motifs is 3. The molecule has 19 heteroatoms. The Hall–Kier alpha value is -4.55. The number of oxime groups is 1. The summed E-state index contributed by atoms with van der Waals surface area (Å²) in [6, 6.07) is -1.01. The molecule has 0 aromatic carbocycles. The van der Waals surface area contributed by atoms with Gasteiger partial charge in [0.25, 0.3) is 11.8 Å². The second-order valence-electron chi connectivity index (χ2n) is 8.92. The highest BCUT2D eigenvalue weighted by molar-refractivity contribution is 8.00. The van der Waals surface area contributed by atoms with Crippen LogP contribution >= 0.6 is 34.7 Å². The Morgan fingerprint density at radius 1 is 1.29 bits per heavy atom. The Morgan fingerprint density at radius 2 is 2.12 bits per heavy atom. The van der Waals surface area contributed by atoms with Crippen LogP contribution in [0, 0.1) is 0 Å². The van der Waals surface area contributed by atoms with Crippen LogP contribution in [0.1, 0.15) is 5.69 Å². The monoisotopic (exact) mass is 630 g/mol. The molecule has 42 heavy (non-hydrogen) atoms. The first-order valence-corrected chi connectivity index (χ1v) is 14.5. The van der Waals surface area contributed by atoms with Crippen molar-refractivity contribution < 1.29 is 29.1 Å². The van der Waals surface area contributed by atoms with E-state index in [-0.39, 0.29) is 40.4 Å². The number of anilines is 1. The minimum atomic E-state index is -1.26. The van der Waals surface area contributed by atoms with E-state index in [1.54, 1.807) is 33.9 Å². The normalized spacial score (nSPS) is 18.7. The maximum absolute atomic E-state index is 13.2. The van der Waals surface area contributed by atoms with Crippen molar-refractivity contribution in [2.75, 3.05) is 24.1 Å². The minimum Gasteiger partial charge on any atom is -0.477 e. The van der Waals surface area contributed by atoms with Gasteiger partial charge in [-0.2, -0.15) is 4.98 Å². The van der Waals surface area contributed by atoms with Crippen LogP contribution in [-0.4, -0.2) is 98.5 Å². The van der Waals surface area contributed by atoms with E-state index in [1.807, 2.05) is 0 Å². The second kappa shape index (κ2) is 11.0. The minimum absolute atomic E-state index is 0.104. The lowest BCUT2D eigenvalue weighted by Crippen LogP contribution is -2.71. The van der Waals surface area contributed by atoms with Gasteiger partial charge in [-0.05, 0) is 5.57 Å². The molecule has 0 saturated carbocycles. The molecule has 3 N–H and O–H groups in total. The molecule has 16 nitrogen and oxygen atoms in total. The summed E-state index contributed by atoms with van der Waals surface area (Å²) in [7, 11) is 1.24. The summed E-state index contributed by atoms with van der Waals surface area (Å²) in [4.78, 5) is 73.2. The Morgan fingerprint density at radius 3 is 2.88 bits per heavy atom. The zero-order chi connectivity index (χ0) is 29.5. The van der Waals surface area contributed by atoms with Crippen molar-refractivity contribution in [1.82, 2.24) is 39.1 Å². The lowest BCUT2D eigenvalue weighted by molar-refractivity contribution is -0.150. The Labute approximate surface area is 248 Å². The quantitative estimate of drug-likeness (QED) is 0.101. The number of β-lactam (4-membered cyclic amide) rings is 1. The highest BCUT2D eigenvalue weighted by Gasteiger charge is 2.54. The number of thioether (sulfide) groups is 1. The average molecular weight is 631 g/mol. The molecule has 4 aromatic heterocycles. The average Bonchev–Trinajstić information content (AvgIpc) is 3.73. The molecule has 2 aliphatic heterocycles. The van der Waals surface area contributed by atoms with Gasteiger partial charge in [0.15, 0.2) is 16.5 Å². The fourth-order valence-electron chi connectivity index (χ4n) is 4.55. The molecule has 6 rings (SSSR count). The Balaban J connectivity index is 1.21. The van der Waals surface area contributed by atoms with Crippen molar-refractivity contribution in [2.45, 2.75) is 18.0 Å². The first kappa shape index (κ1) is 27.6. The van der Waals surface area contributed by atoms with Gasteiger partial charge in [0.1, 0.15) is 41.3 Å². The summed E-state index contributed by atoms with van der Waals surface area (Å²) in [6.45, 7) is 0.164. The maximum Gasteiger partial charge on any atom is 0.352 e. The van der Waals surface area contributed by atoms with Gasteiger partial charge in [-0.25, -0.2) is 19.7 Å². The van der Waals surface area contributed by atoms with Gasteiger partial charge in [0.2, 0.25) is 11.7 Å². The summed E-state index contributed by atoms with van der Waals surface area (Å²) in [5.41, 5.74) is 1.36. The number of hydrogen-bond donors (Lipinski definition) is 3. The van der Waals surface area contributed by atoms with Gasteiger partial charge in [-0.1, -0.05) is 5.16 Å². The third-order valence-electron chi connectivity index (χ3n) is 6.38. The molecule has 0 spiro atoms. The summed E-state index contributed by atoms with van der Waals surface area (Å²) < 4.78 is 3.49. The van der Waals surface area contributed by atoms with E-state index in [0.717, 1.165) is 11.3 Å². The van der Waals surface area contributed by atoms with Crippen LogP contribution < -0.4 is 10.6 Å². The van der Waals surface area contributed by atoms with E-state index in [1.165, 1.54) is 29.2 Å². The molecule has 0 unspecified atom stereocenters. The van der Waals surface area contributed by atoms with E-state index in [9.17, 15) is 24.3 Å². The molecule has 0 aliphatic carbocycles. The molecule has 2 aliphatic rings. The third-order valence-corrected chi connectivity index (χ3v) is 8.72. The highest BCUT2D eigenvalue weighted by Crippen LogP contribution is 2.41. The number of nitrogens with zero attached hydrogens (tertiary/aromatic N) is 8. The SMILES string of the molecule is CO/N=C(\C(=O)N[C@@H]1C(=O)N2C(C(=O)O)=C(Cn3cnc4nc5nccn5cc43)CS[C@@H]12)c1csc(NC(=O)CCl)n1. The molecule has 0 radical (unpaired) electrons. The van der Waals surface area contributed by atoms with Crippen molar-refractivity contribution in [3.63, 3.8) is 0 Å². The van der Waals surface area contributed by atoms with Crippen LogP contribution in [0.4, 0.5) is 5.13 Å². The number of carboxylic acids is 1. The van der Waals surface area contributed by atoms with Gasteiger partial charge in [0, 0.05) is 36.3 Å². The number of carboxylic acid groups (broad SMARTS) is 1. The third kappa shape index (κ3) is 4.82. The number of rotatable bonds is 9. The zero-order valence-corrected chi connectivity index (χ0v) is 23.8. The number of thiazole rings is 1. The van der Waals surface area contributed by atoms with Crippen molar-refractivity contribution >= 4 is 86.2 Å². The highest BCUT2D eigenvalue weighted by atomic mass is 35.5. The molecule has 2 atom stereocenters. The Bertz CT molecular complexity index is 1830. The number of imidazole rings is 2. The van der Waals surface area contributed by atoms with Crippen molar-refractivity contribution in [3.8, 4) is 0 Å². The number of aromatic nitrogens is 6. The second-order valence-corrected chi connectivity index (χ2v) is 11.1. The van der Waals surface area contributed by atoms with Crippen LogP contribution in [0.25, 0.3) is 16.9 Å². The molecular weight excluding hydrogens is 612 g/mol. The number of halogens is 1. The lowest BCUT2D eigenvalue weighted by atomic mass is 10.0. The van der Waals surface area contributed by atoms with Gasteiger partial charge in [-0.3, -0.25) is 23.7 Å². The molecule has 1 saturated heterocycles. The molecule has 4 aromatic rings. The number of hydrogen-bond acceptors (Lipinski definition) is 12. The van der Waals surface area contributed by atoms with E-state index in [2.05, 4.69) is 35.7 Å². The van der Waals surface area contributed by atoms with Crippen LogP contribution in [0.3, 0.4) is 0 Å². The number of carbonyl (C=O) groups excluding carboxylic acids is 3. The van der Waals surface area contributed by atoms with E-state index in [0.29, 0.717) is 22.5 Å². The van der Waals surface area contributed by atoms with Gasteiger partial charge in [-0.15, -0.1) is 34.7 Å². The number of nitrogens with one attached hydrogen (secondary N) is 2. The first-order valence-electron chi connectivity index (χ1n) is 12.1. The molecule has 0 bridgehead atoms. The zero-order valence-electron chi connectivity index (χ0n) is 21.4. The summed E-state index contributed by atoms with van der Waals surface area (Å²) in [6.07, 6.45) is 6.71. The van der Waals surface area contributed by atoms with E-state index < -0.39 is 35.1 Å². The van der Waals surface area contributed by atoms with Gasteiger partial charge >= 0.3 is 5.97 Å². The topological polar surface area (TPSA) is 198 Å². The van der Waals surface area contributed by atoms with Gasteiger partial charge in [0.05, 0.1) is 6.33 Å². The van der Waals surface area contributed by atoms with E-state index >= 15 is 0 Å². The standard InChI is InChI=1S/C23H19ClN10O6S2/c1-40-31-14(11-8-42-23(27-11)28-13(35)4-24)18(36)29-15-19(37)34-16(21(38)39)10(7-41-20(15)34)5-33-9-26-17-12(33)6-32-3-2-25-22(32)30-17/h2-3,6,8-9,15,20H,4-5,7H2,1H3,(H,29,36)(H,38,39)(H,27,28,35)/b31-14-/t15-,20+/m1/s1. The van der Waals surface area contributed by atoms with Crippen LogP contribution in [0.2, 0.25) is 0 Å². The summed E-state index contributed by atoms with van der Waals surface area (Å²) >= 11 is 7.87. The molecule has 3 amide bonds. The number of amides is 3. The van der Waals surface area contributed by atoms with Crippen LogP contribution in [0.15, 0.2) is 46.7 Å². The summed E-state index contributed by atoms with van der Waals surface area (Å²) in [5.74, 6) is -2.57.